The minimum atomic E-state index is 0.478. The van der Waals surface area contributed by atoms with E-state index in [1.807, 2.05) is 53.1 Å². The number of hydrogen-bond donors (Lipinski definition) is 0. The van der Waals surface area contributed by atoms with E-state index < -0.39 is 0 Å². The van der Waals surface area contributed by atoms with Crippen molar-refractivity contribution in [1.82, 2.24) is 29.6 Å². The number of hydrogen-bond acceptors (Lipinski definition) is 6. The molecule has 0 saturated carbocycles. The first-order valence-electron chi connectivity index (χ1n) is 11.8. The number of piperidine rings is 1. The van der Waals surface area contributed by atoms with Crippen LogP contribution in [0.4, 0.5) is 0 Å². The van der Waals surface area contributed by atoms with E-state index >= 15 is 0 Å². The molecular formula is C27H26N6O. The second-order valence-corrected chi connectivity index (χ2v) is 8.96. The zero-order valence-electron chi connectivity index (χ0n) is 18.9. The first kappa shape index (κ1) is 20.7. The first-order valence-corrected chi connectivity index (χ1v) is 11.8. The Hall–Kier alpha value is -3.84. The molecule has 7 heteroatoms. The summed E-state index contributed by atoms with van der Waals surface area (Å²) in [6.07, 6.45) is 5.61. The number of nitrogens with zero attached hydrogens (tertiary/aromatic N) is 6. The summed E-state index contributed by atoms with van der Waals surface area (Å²) < 4.78 is 7.56. The Morgan fingerprint density at radius 1 is 0.853 bits per heavy atom. The van der Waals surface area contributed by atoms with Gasteiger partial charge in [0.05, 0.1) is 6.54 Å². The van der Waals surface area contributed by atoms with Gasteiger partial charge < -0.3 is 4.52 Å². The van der Waals surface area contributed by atoms with Crippen LogP contribution in [0.1, 0.15) is 24.2 Å². The summed E-state index contributed by atoms with van der Waals surface area (Å²) in [5.41, 5.74) is 3.99. The molecule has 0 atom stereocenters. The first-order chi connectivity index (χ1) is 16.8. The Kier molecular flexibility index (Phi) is 5.61. The summed E-state index contributed by atoms with van der Waals surface area (Å²) in [7, 11) is 0. The van der Waals surface area contributed by atoms with Gasteiger partial charge in [-0.25, -0.2) is 0 Å². The van der Waals surface area contributed by atoms with Crippen molar-refractivity contribution in [1.29, 1.82) is 0 Å². The van der Waals surface area contributed by atoms with Gasteiger partial charge in [-0.2, -0.15) is 4.98 Å². The SMILES string of the molecule is c1ccc(CC2CCN(Cc3nnc4cc(-c5nc(-c6ccccc6)no5)ccn34)CC2)cc1. The van der Waals surface area contributed by atoms with Crippen LogP contribution in [-0.4, -0.2) is 42.7 Å². The molecule has 170 valence electrons. The van der Waals surface area contributed by atoms with Gasteiger partial charge >= 0.3 is 0 Å². The third-order valence-corrected chi connectivity index (χ3v) is 6.62. The van der Waals surface area contributed by atoms with Crippen LogP contribution in [0.5, 0.6) is 0 Å². The highest BCUT2D eigenvalue weighted by molar-refractivity contribution is 5.62. The van der Waals surface area contributed by atoms with E-state index in [0.29, 0.717) is 11.7 Å². The van der Waals surface area contributed by atoms with Crippen LogP contribution >= 0.6 is 0 Å². The topological polar surface area (TPSA) is 72.3 Å². The highest BCUT2D eigenvalue weighted by atomic mass is 16.5. The van der Waals surface area contributed by atoms with Gasteiger partial charge in [-0.05, 0) is 56.0 Å². The highest BCUT2D eigenvalue weighted by Crippen LogP contribution is 2.25. The molecule has 6 rings (SSSR count). The van der Waals surface area contributed by atoms with Gasteiger partial charge in [0.1, 0.15) is 0 Å². The third kappa shape index (κ3) is 4.34. The standard InChI is InChI=1S/C27H26N6O/c1-3-7-20(8-4-1)17-21-11-14-32(15-12-21)19-25-30-29-24-18-23(13-16-33(24)25)27-28-26(31-34-27)22-9-5-2-6-10-22/h1-10,13,16,18,21H,11-12,14-15,17,19H2. The maximum atomic E-state index is 5.51. The molecule has 0 aliphatic carbocycles. The second-order valence-electron chi connectivity index (χ2n) is 8.96. The summed E-state index contributed by atoms with van der Waals surface area (Å²) in [5, 5.41) is 13.0. The Bertz CT molecular complexity index is 1370. The Balaban J connectivity index is 1.12. The Morgan fingerprint density at radius 3 is 2.41 bits per heavy atom. The number of likely N-dealkylation sites (tertiary alicyclic amines) is 1. The highest BCUT2D eigenvalue weighted by Gasteiger charge is 2.21. The molecule has 0 radical (unpaired) electrons. The quantitative estimate of drug-likeness (QED) is 0.366. The fraction of sp³-hybridized carbons (Fsp3) is 0.259. The lowest BCUT2D eigenvalue weighted by molar-refractivity contribution is 0.173. The predicted octanol–water partition coefficient (Wildman–Crippen LogP) is 4.90. The number of pyridine rings is 1. The van der Waals surface area contributed by atoms with Crippen LogP contribution in [0.15, 0.2) is 83.5 Å². The molecule has 0 unspecified atom stereocenters. The third-order valence-electron chi connectivity index (χ3n) is 6.62. The molecule has 0 N–H and O–H groups in total. The van der Waals surface area contributed by atoms with Crippen LogP contribution in [0.3, 0.4) is 0 Å². The molecule has 0 bridgehead atoms. The molecule has 4 heterocycles. The molecule has 34 heavy (non-hydrogen) atoms. The van der Waals surface area contributed by atoms with Crippen molar-refractivity contribution >= 4 is 5.65 Å². The van der Waals surface area contributed by atoms with Crippen molar-refractivity contribution in [3.8, 4) is 22.8 Å². The number of rotatable bonds is 6. The number of benzene rings is 2. The Morgan fingerprint density at radius 2 is 1.62 bits per heavy atom. The summed E-state index contributed by atoms with van der Waals surface area (Å²) in [6.45, 7) is 2.99. The van der Waals surface area contributed by atoms with E-state index in [9.17, 15) is 0 Å². The molecule has 0 spiro atoms. The minimum Gasteiger partial charge on any atom is -0.334 e. The molecule has 0 amide bonds. The molecule has 5 aromatic rings. The van der Waals surface area contributed by atoms with E-state index in [4.69, 9.17) is 4.52 Å². The lowest BCUT2D eigenvalue weighted by atomic mass is 9.90. The fourth-order valence-electron chi connectivity index (χ4n) is 4.72. The van der Waals surface area contributed by atoms with Gasteiger partial charge in [0, 0.05) is 17.3 Å². The van der Waals surface area contributed by atoms with Crippen molar-refractivity contribution in [2.75, 3.05) is 13.1 Å². The van der Waals surface area contributed by atoms with E-state index in [1.54, 1.807) is 0 Å². The minimum absolute atomic E-state index is 0.478. The van der Waals surface area contributed by atoms with Crippen molar-refractivity contribution in [2.45, 2.75) is 25.8 Å². The van der Waals surface area contributed by atoms with E-state index in [0.717, 1.165) is 48.2 Å². The monoisotopic (exact) mass is 450 g/mol. The summed E-state index contributed by atoms with van der Waals surface area (Å²) in [5.74, 6) is 2.77. The maximum absolute atomic E-state index is 5.51. The molecule has 1 saturated heterocycles. The summed E-state index contributed by atoms with van der Waals surface area (Å²) in [6, 6.07) is 24.6. The van der Waals surface area contributed by atoms with Gasteiger partial charge in [-0.1, -0.05) is 65.8 Å². The van der Waals surface area contributed by atoms with Gasteiger partial charge in [0.2, 0.25) is 5.82 Å². The van der Waals surface area contributed by atoms with Gasteiger partial charge in [-0.15, -0.1) is 10.2 Å². The average molecular weight is 451 g/mol. The van der Waals surface area contributed by atoms with Gasteiger partial charge in [0.25, 0.3) is 5.89 Å². The normalized spacial score (nSPS) is 15.2. The second kappa shape index (κ2) is 9.19. The predicted molar refractivity (Wildman–Crippen MR) is 130 cm³/mol. The van der Waals surface area contributed by atoms with E-state index in [1.165, 1.54) is 24.8 Å². The largest absolute Gasteiger partial charge is 0.334 e. The zero-order valence-corrected chi connectivity index (χ0v) is 18.9. The smallest absolute Gasteiger partial charge is 0.258 e. The summed E-state index contributed by atoms with van der Waals surface area (Å²) >= 11 is 0. The fourth-order valence-corrected chi connectivity index (χ4v) is 4.72. The van der Waals surface area contributed by atoms with Crippen LogP contribution in [-0.2, 0) is 13.0 Å². The molecule has 3 aromatic heterocycles. The maximum Gasteiger partial charge on any atom is 0.258 e. The molecule has 7 nitrogen and oxygen atoms in total. The average Bonchev–Trinajstić information content (AvgIpc) is 3.54. The molecule has 1 fully saturated rings. The van der Waals surface area contributed by atoms with Gasteiger partial charge in [0.15, 0.2) is 11.5 Å². The van der Waals surface area contributed by atoms with E-state index in [2.05, 4.69) is 55.6 Å². The number of fused-ring (bicyclic) bond motifs is 1. The van der Waals surface area contributed by atoms with Crippen molar-refractivity contribution in [3.05, 3.63) is 90.4 Å². The van der Waals surface area contributed by atoms with Crippen LogP contribution in [0, 0.1) is 5.92 Å². The molecule has 1 aliphatic rings. The molecule has 2 aromatic carbocycles. The van der Waals surface area contributed by atoms with Gasteiger partial charge in [-0.3, -0.25) is 9.30 Å². The van der Waals surface area contributed by atoms with Crippen LogP contribution < -0.4 is 0 Å². The number of aromatic nitrogens is 5. The molecule has 1 aliphatic heterocycles. The lowest BCUT2D eigenvalue weighted by Gasteiger charge is -2.31. The van der Waals surface area contributed by atoms with Crippen molar-refractivity contribution in [2.24, 2.45) is 5.92 Å². The van der Waals surface area contributed by atoms with Crippen LogP contribution in [0.25, 0.3) is 28.5 Å². The lowest BCUT2D eigenvalue weighted by Crippen LogP contribution is -2.34. The van der Waals surface area contributed by atoms with Crippen molar-refractivity contribution < 1.29 is 4.52 Å². The zero-order chi connectivity index (χ0) is 22.7. The van der Waals surface area contributed by atoms with E-state index in [-0.39, 0.29) is 0 Å². The molecular weight excluding hydrogens is 424 g/mol. The summed E-state index contributed by atoms with van der Waals surface area (Å²) in [4.78, 5) is 7.03. The Labute approximate surface area is 198 Å². The van der Waals surface area contributed by atoms with Crippen LogP contribution in [0.2, 0.25) is 0 Å². The van der Waals surface area contributed by atoms with Crippen molar-refractivity contribution in [3.63, 3.8) is 0 Å².